The molecular formula is C18H16Cl2N4O2. The SMILES string of the molecule is COc1c(C(=O)NCc2ccccc2Cl)nnn1Cc1ccccc1Cl. The molecule has 0 unspecified atom stereocenters. The Hall–Kier alpha value is -2.57. The molecular weight excluding hydrogens is 375 g/mol. The fraction of sp³-hybridized carbons (Fsp3) is 0.167. The zero-order valence-corrected chi connectivity index (χ0v) is 15.5. The van der Waals surface area contributed by atoms with E-state index in [1.54, 1.807) is 12.1 Å². The van der Waals surface area contributed by atoms with Crippen LogP contribution in [0.3, 0.4) is 0 Å². The third kappa shape index (κ3) is 3.98. The van der Waals surface area contributed by atoms with E-state index in [4.69, 9.17) is 27.9 Å². The molecule has 0 atom stereocenters. The number of aromatic nitrogens is 3. The van der Waals surface area contributed by atoms with Crippen LogP contribution in [0.15, 0.2) is 48.5 Å². The van der Waals surface area contributed by atoms with Gasteiger partial charge in [-0.1, -0.05) is 64.8 Å². The topological polar surface area (TPSA) is 69.0 Å². The molecule has 3 aromatic rings. The van der Waals surface area contributed by atoms with Gasteiger partial charge in [0.05, 0.1) is 13.7 Å². The predicted molar refractivity (Wildman–Crippen MR) is 99.8 cm³/mol. The van der Waals surface area contributed by atoms with Gasteiger partial charge in [-0.15, -0.1) is 5.10 Å². The van der Waals surface area contributed by atoms with E-state index in [9.17, 15) is 4.79 Å². The van der Waals surface area contributed by atoms with E-state index in [0.29, 0.717) is 16.6 Å². The number of nitrogens with zero attached hydrogens (tertiary/aromatic N) is 3. The number of ether oxygens (including phenoxy) is 1. The molecule has 26 heavy (non-hydrogen) atoms. The smallest absolute Gasteiger partial charge is 0.277 e. The largest absolute Gasteiger partial charge is 0.479 e. The summed E-state index contributed by atoms with van der Waals surface area (Å²) in [6.07, 6.45) is 0. The molecule has 0 saturated carbocycles. The quantitative estimate of drug-likeness (QED) is 0.698. The molecule has 0 radical (unpaired) electrons. The Morgan fingerprint density at radius 2 is 1.69 bits per heavy atom. The Morgan fingerprint density at radius 1 is 1.08 bits per heavy atom. The number of methoxy groups -OCH3 is 1. The highest BCUT2D eigenvalue weighted by molar-refractivity contribution is 6.31. The maximum Gasteiger partial charge on any atom is 0.277 e. The molecule has 1 heterocycles. The van der Waals surface area contributed by atoms with E-state index in [1.807, 2.05) is 36.4 Å². The lowest BCUT2D eigenvalue weighted by atomic mass is 10.2. The van der Waals surface area contributed by atoms with Crippen LogP contribution in [0.1, 0.15) is 21.6 Å². The summed E-state index contributed by atoms with van der Waals surface area (Å²) < 4.78 is 6.83. The highest BCUT2D eigenvalue weighted by atomic mass is 35.5. The van der Waals surface area contributed by atoms with Crippen LogP contribution >= 0.6 is 23.2 Å². The summed E-state index contributed by atoms with van der Waals surface area (Å²) in [6.45, 7) is 0.618. The molecule has 134 valence electrons. The van der Waals surface area contributed by atoms with Crippen LogP contribution in [0, 0.1) is 0 Å². The maximum absolute atomic E-state index is 12.5. The first-order valence-electron chi connectivity index (χ1n) is 7.82. The van der Waals surface area contributed by atoms with Crippen molar-refractivity contribution in [3.63, 3.8) is 0 Å². The molecule has 2 aromatic carbocycles. The lowest BCUT2D eigenvalue weighted by molar-refractivity contribution is 0.0942. The van der Waals surface area contributed by atoms with E-state index >= 15 is 0 Å². The van der Waals surface area contributed by atoms with Crippen molar-refractivity contribution in [2.75, 3.05) is 7.11 Å². The van der Waals surface area contributed by atoms with Gasteiger partial charge in [-0.05, 0) is 23.3 Å². The summed E-state index contributed by atoms with van der Waals surface area (Å²) in [5, 5.41) is 11.9. The average Bonchev–Trinajstić information content (AvgIpc) is 3.05. The Bertz CT molecular complexity index is 927. The van der Waals surface area contributed by atoms with Crippen molar-refractivity contribution in [1.82, 2.24) is 20.3 Å². The molecule has 6 nitrogen and oxygen atoms in total. The van der Waals surface area contributed by atoms with Crippen molar-refractivity contribution in [3.05, 3.63) is 75.4 Å². The molecule has 0 spiro atoms. The highest BCUT2D eigenvalue weighted by Gasteiger charge is 2.21. The first-order valence-corrected chi connectivity index (χ1v) is 8.58. The lowest BCUT2D eigenvalue weighted by Crippen LogP contribution is -2.24. The Morgan fingerprint density at radius 3 is 2.31 bits per heavy atom. The molecule has 1 aromatic heterocycles. The second kappa shape index (κ2) is 8.21. The van der Waals surface area contributed by atoms with Gasteiger partial charge in [-0.3, -0.25) is 4.79 Å². The summed E-state index contributed by atoms with van der Waals surface area (Å²) in [5.41, 5.74) is 1.76. The predicted octanol–water partition coefficient (Wildman–Crippen LogP) is 3.57. The van der Waals surface area contributed by atoms with Gasteiger partial charge in [-0.2, -0.15) is 0 Å². The molecule has 0 fully saturated rings. The van der Waals surface area contributed by atoms with E-state index in [1.165, 1.54) is 11.8 Å². The van der Waals surface area contributed by atoms with Crippen molar-refractivity contribution >= 4 is 29.1 Å². The van der Waals surface area contributed by atoms with Gasteiger partial charge in [0.2, 0.25) is 11.6 Å². The minimum absolute atomic E-state index is 0.103. The third-order valence-electron chi connectivity index (χ3n) is 3.77. The molecule has 0 bridgehead atoms. The van der Waals surface area contributed by atoms with E-state index in [0.717, 1.165) is 11.1 Å². The van der Waals surface area contributed by atoms with Gasteiger partial charge >= 0.3 is 0 Å². The van der Waals surface area contributed by atoms with Crippen LogP contribution < -0.4 is 10.1 Å². The molecule has 0 aliphatic carbocycles. The van der Waals surface area contributed by atoms with E-state index < -0.39 is 5.91 Å². The summed E-state index contributed by atoms with van der Waals surface area (Å²) in [4.78, 5) is 12.5. The number of carbonyl (C=O) groups excluding carboxylic acids is 1. The lowest BCUT2D eigenvalue weighted by Gasteiger charge is -2.08. The fourth-order valence-electron chi connectivity index (χ4n) is 2.44. The number of nitrogens with one attached hydrogen (secondary N) is 1. The molecule has 1 amide bonds. The van der Waals surface area contributed by atoms with E-state index in [-0.39, 0.29) is 18.1 Å². The van der Waals surface area contributed by atoms with Gasteiger partial charge in [0.1, 0.15) is 0 Å². The maximum atomic E-state index is 12.5. The number of hydrogen-bond donors (Lipinski definition) is 1. The second-order valence-electron chi connectivity index (χ2n) is 5.47. The first-order chi connectivity index (χ1) is 12.6. The number of benzene rings is 2. The number of hydrogen-bond acceptors (Lipinski definition) is 4. The van der Waals surface area contributed by atoms with Gasteiger partial charge in [0, 0.05) is 16.6 Å². The summed E-state index contributed by atoms with van der Waals surface area (Å²) in [7, 11) is 1.46. The second-order valence-corrected chi connectivity index (χ2v) is 6.28. The number of halogens is 2. The minimum atomic E-state index is -0.396. The van der Waals surface area contributed by atoms with Crippen LogP contribution in [-0.2, 0) is 13.1 Å². The standard InChI is InChI=1S/C18H16Cl2N4O2/c1-26-18-16(17(25)21-10-12-6-2-4-8-14(12)19)22-23-24(18)11-13-7-3-5-9-15(13)20/h2-9H,10-11H2,1H3,(H,21,25). The van der Waals surface area contributed by atoms with E-state index in [2.05, 4.69) is 15.6 Å². The van der Waals surface area contributed by atoms with Crippen LogP contribution in [0.4, 0.5) is 0 Å². The zero-order chi connectivity index (χ0) is 18.5. The van der Waals surface area contributed by atoms with Crippen LogP contribution in [-0.4, -0.2) is 28.0 Å². The monoisotopic (exact) mass is 390 g/mol. The van der Waals surface area contributed by atoms with Gasteiger partial charge in [0.15, 0.2) is 0 Å². The molecule has 3 rings (SSSR count). The number of rotatable bonds is 6. The first kappa shape index (κ1) is 18.2. The Kier molecular flexibility index (Phi) is 5.75. The van der Waals surface area contributed by atoms with Crippen molar-refractivity contribution < 1.29 is 9.53 Å². The van der Waals surface area contributed by atoms with Gasteiger partial charge in [0.25, 0.3) is 5.91 Å². The van der Waals surface area contributed by atoms with Crippen molar-refractivity contribution in [1.29, 1.82) is 0 Å². The molecule has 0 saturated heterocycles. The summed E-state index contributed by atoms with van der Waals surface area (Å²) in [6, 6.07) is 14.7. The highest BCUT2D eigenvalue weighted by Crippen LogP contribution is 2.21. The van der Waals surface area contributed by atoms with Gasteiger partial charge < -0.3 is 10.1 Å². The van der Waals surface area contributed by atoms with Crippen LogP contribution in [0.5, 0.6) is 5.88 Å². The van der Waals surface area contributed by atoms with Crippen LogP contribution in [0.25, 0.3) is 0 Å². The van der Waals surface area contributed by atoms with Gasteiger partial charge in [-0.25, -0.2) is 4.68 Å². The number of carbonyl (C=O) groups is 1. The molecule has 1 N–H and O–H groups in total. The average molecular weight is 391 g/mol. The Balaban J connectivity index is 1.76. The Labute approximate surface area is 160 Å². The molecule has 8 heteroatoms. The van der Waals surface area contributed by atoms with Crippen LogP contribution in [0.2, 0.25) is 10.0 Å². The third-order valence-corrected chi connectivity index (χ3v) is 4.51. The number of amides is 1. The zero-order valence-electron chi connectivity index (χ0n) is 13.9. The van der Waals surface area contributed by atoms with Crippen molar-refractivity contribution in [2.24, 2.45) is 0 Å². The minimum Gasteiger partial charge on any atom is -0.479 e. The molecule has 0 aliphatic rings. The fourth-order valence-corrected chi connectivity index (χ4v) is 2.84. The van der Waals surface area contributed by atoms with Crippen molar-refractivity contribution in [3.8, 4) is 5.88 Å². The normalized spacial score (nSPS) is 10.6. The van der Waals surface area contributed by atoms with Crippen molar-refractivity contribution in [2.45, 2.75) is 13.1 Å². The molecule has 0 aliphatic heterocycles. The summed E-state index contributed by atoms with van der Waals surface area (Å²) in [5.74, 6) is -0.131. The summed E-state index contributed by atoms with van der Waals surface area (Å²) >= 11 is 12.3.